The molecule has 146 valence electrons. The molecule has 0 unspecified atom stereocenters. The number of pyridine rings is 1. The Hall–Kier alpha value is -3.27. The van der Waals surface area contributed by atoms with Gasteiger partial charge in [0.1, 0.15) is 5.84 Å². The van der Waals surface area contributed by atoms with Gasteiger partial charge in [0.2, 0.25) is 0 Å². The topological polar surface area (TPSA) is 127 Å². The number of ether oxygens (including phenoxy) is 1. The third-order valence-electron chi connectivity index (χ3n) is 3.81. The number of anilines is 1. The second-order valence-electron chi connectivity index (χ2n) is 5.93. The van der Waals surface area contributed by atoms with E-state index in [0.29, 0.717) is 18.8 Å². The van der Waals surface area contributed by atoms with Gasteiger partial charge in [-0.25, -0.2) is 13.2 Å². The number of nitrogens with one attached hydrogen (secondary N) is 2. The maximum atomic E-state index is 12.4. The number of nitrogens with zero attached hydrogens (tertiary/aromatic N) is 2. The minimum Gasteiger partial charge on any atom is -0.452 e. The highest BCUT2D eigenvalue weighted by Crippen LogP contribution is 2.16. The third kappa shape index (κ3) is 5.13. The van der Waals surface area contributed by atoms with Gasteiger partial charge < -0.3 is 10.1 Å². The monoisotopic (exact) mass is 402 g/mol. The first-order chi connectivity index (χ1) is 13.4. The molecule has 0 saturated carbocycles. The molecule has 0 spiro atoms. The lowest BCUT2D eigenvalue weighted by atomic mass is 10.3. The predicted octanol–water partition coefficient (Wildman–Crippen LogP) is 1.35. The standard InChI is InChI=1S/C18H18N4O5S/c23-17(12-27-18(24)13-6-9-19-10-7-13)21-14-3-1-4-15(11-14)28(25,26)22-16-5-2-8-20-16/h1,3-4,6-7,9-11H,2,5,8,12H2,(H,20,22)(H,21,23). The Balaban J connectivity index is 1.59. The molecular formula is C18H18N4O5S. The lowest BCUT2D eigenvalue weighted by Gasteiger charge is -2.10. The number of sulfonamides is 1. The van der Waals surface area contributed by atoms with Gasteiger partial charge in [-0.05, 0) is 36.8 Å². The molecule has 3 rings (SSSR count). The Morgan fingerprint density at radius 2 is 1.93 bits per heavy atom. The van der Waals surface area contributed by atoms with Gasteiger partial charge in [0.25, 0.3) is 15.9 Å². The molecule has 2 N–H and O–H groups in total. The molecule has 0 atom stereocenters. The van der Waals surface area contributed by atoms with Crippen LogP contribution in [0.15, 0.2) is 58.7 Å². The average Bonchev–Trinajstić information content (AvgIpc) is 3.19. The van der Waals surface area contributed by atoms with E-state index in [1.807, 2.05) is 0 Å². The second-order valence-corrected chi connectivity index (χ2v) is 7.61. The van der Waals surface area contributed by atoms with Crippen LogP contribution in [0.5, 0.6) is 0 Å². The summed E-state index contributed by atoms with van der Waals surface area (Å²) in [6.07, 6.45) is 4.27. The first-order valence-electron chi connectivity index (χ1n) is 8.47. The van der Waals surface area contributed by atoms with Gasteiger partial charge in [-0.2, -0.15) is 0 Å². The van der Waals surface area contributed by atoms with Crippen LogP contribution >= 0.6 is 0 Å². The molecule has 2 heterocycles. The van der Waals surface area contributed by atoms with E-state index in [-0.39, 0.29) is 16.1 Å². The molecule has 10 heteroatoms. The number of carbonyl (C=O) groups excluding carboxylic acids is 2. The van der Waals surface area contributed by atoms with Crippen molar-refractivity contribution in [3.63, 3.8) is 0 Å². The summed E-state index contributed by atoms with van der Waals surface area (Å²) in [5.41, 5.74) is 0.540. The third-order valence-corrected chi connectivity index (χ3v) is 5.18. The number of carbonyl (C=O) groups is 2. The van der Waals surface area contributed by atoms with Crippen LogP contribution in [0.25, 0.3) is 0 Å². The summed E-state index contributed by atoms with van der Waals surface area (Å²) in [6, 6.07) is 8.71. The number of hydrogen-bond acceptors (Lipinski definition) is 7. The lowest BCUT2D eigenvalue weighted by molar-refractivity contribution is -0.119. The van der Waals surface area contributed by atoms with E-state index in [9.17, 15) is 18.0 Å². The van der Waals surface area contributed by atoms with Gasteiger partial charge in [0, 0.05) is 31.0 Å². The maximum Gasteiger partial charge on any atom is 0.338 e. The van der Waals surface area contributed by atoms with Crippen molar-refractivity contribution >= 4 is 33.4 Å². The summed E-state index contributed by atoms with van der Waals surface area (Å²) in [4.78, 5) is 31.7. The Kier molecular flexibility index (Phi) is 5.99. The smallest absolute Gasteiger partial charge is 0.338 e. The molecule has 0 saturated heterocycles. The van der Waals surface area contributed by atoms with Crippen LogP contribution in [0, 0.1) is 0 Å². The van der Waals surface area contributed by atoms with E-state index in [4.69, 9.17) is 4.74 Å². The fraction of sp³-hybridized carbons (Fsp3) is 0.222. The van der Waals surface area contributed by atoms with Crippen molar-refractivity contribution in [3.05, 3.63) is 54.4 Å². The Labute approximate surface area is 161 Å². The highest BCUT2D eigenvalue weighted by Gasteiger charge is 2.19. The predicted molar refractivity (Wildman–Crippen MR) is 101 cm³/mol. The summed E-state index contributed by atoms with van der Waals surface area (Å²) in [5.74, 6) is -0.821. The van der Waals surface area contributed by atoms with Crippen molar-refractivity contribution in [1.82, 2.24) is 9.71 Å². The SMILES string of the molecule is O=C(COC(=O)c1ccncc1)Nc1cccc(S(=O)(=O)NC2=NCCC2)c1. The fourth-order valence-corrected chi connectivity index (χ4v) is 3.61. The van der Waals surface area contributed by atoms with E-state index < -0.39 is 28.5 Å². The molecule has 1 aromatic heterocycles. The fourth-order valence-electron chi connectivity index (χ4n) is 2.48. The number of amidine groups is 1. The number of aromatic nitrogens is 1. The number of rotatable bonds is 6. The number of esters is 1. The van der Waals surface area contributed by atoms with Gasteiger partial charge in [0.05, 0.1) is 10.5 Å². The zero-order chi connectivity index (χ0) is 20.0. The normalized spacial score (nSPS) is 13.5. The van der Waals surface area contributed by atoms with Crippen LogP contribution in [-0.2, 0) is 19.6 Å². The largest absolute Gasteiger partial charge is 0.452 e. The first kappa shape index (κ1) is 19.5. The molecule has 1 amide bonds. The summed E-state index contributed by atoms with van der Waals surface area (Å²) in [7, 11) is -3.79. The molecule has 1 aromatic carbocycles. The van der Waals surface area contributed by atoms with E-state index >= 15 is 0 Å². The van der Waals surface area contributed by atoms with Crippen LogP contribution < -0.4 is 10.0 Å². The minimum absolute atomic E-state index is 0.00585. The molecule has 1 aliphatic rings. The number of amides is 1. The van der Waals surface area contributed by atoms with E-state index in [2.05, 4.69) is 20.0 Å². The first-order valence-corrected chi connectivity index (χ1v) is 9.95. The summed E-state index contributed by atoms with van der Waals surface area (Å²) in [5, 5.41) is 2.50. The Morgan fingerprint density at radius 3 is 2.64 bits per heavy atom. The molecule has 0 radical (unpaired) electrons. The quantitative estimate of drug-likeness (QED) is 0.702. The highest BCUT2D eigenvalue weighted by atomic mass is 32.2. The van der Waals surface area contributed by atoms with Crippen LogP contribution in [-0.4, -0.2) is 44.3 Å². The molecule has 9 nitrogen and oxygen atoms in total. The van der Waals surface area contributed by atoms with Gasteiger partial charge >= 0.3 is 5.97 Å². The van der Waals surface area contributed by atoms with Crippen molar-refractivity contribution in [3.8, 4) is 0 Å². The van der Waals surface area contributed by atoms with Gasteiger partial charge in [-0.15, -0.1) is 0 Å². The number of benzene rings is 1. The van der Waals surface area contributed by atoms with E-state index in [0.717, 1.165) is 6.42 Å². The highest BCUT2D eigenvalue weighted by molar-refractivity contribution is 7.90. The maximum absolute atomic E-state index is 12.4. The van der Waals surface area contributed by atoms with E-state index in [1.54, 1.807) is 0 Å². The number of hydrogen-bond donors (Lipinski definition) is 2. The lowest BCUT2D eigenvalue weighted by Crippen LogP contribution is -2.29. The molecule has 0 bridgehead atoms. The molecule has 28 heavy (non-hydrogen) atoms. The van der Waals surface area contributed by atoms with Crippen LogP contribution in [0.1, 0.15) is 23.2 Å². The Bertz CT molecular complexity index is 1010. The molecule has 2 aromatic rings. The zero-order valence-electron chi connectivity index (χ0n) is 14.8. The molecule has 0 aliphatic carbocycles. The van der Waals surface area contributed by atoms with Gasteiger partial charge in [0.15, 0.2) is 6.61 Å². The zero-order valence-corrected chi connectivity index (χ0v) is 15.6. The second kappa shape index (κ2) is 8.61. The van der Waals surface area contributed by atoms with E-state index in [1.165, 1.54) is 48.8 Å². The minimum atomic E-state index is -3.79. The summed E-state index contributed by atoms with van der Waals surface area (Å²) >= 11 is 0. The van der Waals surface area contributed by atoms with Crippen LogP contribution in [0.2, 0.25) is 0 Å². The van der Waals surface area contributed by atoms with Gasteiger partial charge in [-0.1, -0.05) is 6.07 Å². The molecule has 0 fully saturated rings. The summed E-state index contributed by atoms with van der Waals surface area (Å²) in [6.45, 7) is 0.0966. The number of aliphatic imine (C=N–C) groups is 1. The van der Waals surface area contributed by atoms with Crippen LogP contribution in [0.4, 0.5) is 5.69 Å². The Morgan fingerprint density at radius 1 is 1.14 bits per heavy atom. The van der Waals surface area contributed by atoms with Gasteiger partial charge in [-0.3, -0.25) is 19.5 Å². The van der Waals surface area contributed by atoms with Crippen LogP contribution in [0.3, 0.4) is 0 Å². The summed E-state index contributed by atoms with van der Waals surface area (Å²) < 4.78 is 32.2. The molecule has 1 aliphatic heterocycles. The van der Waals surface area contributed by atoms with Crippen molar-refractivity contribution in [2.75, 3.05) is 18.5 Å². The van der Waals surface area contributed by atoms with Crippen molar-refractivity contribution < 1.29 is 22.7 Å². The van der Waals surface area contributed by atoms with Crippen molar-refractivity contribution in [2.45, 2.75) is 17.7 Å². The van der Waals surface area contributed by atoms with Crippen molar-refractivity contribution in [2.24, 2.45) is 4.99 Å². The molecular weight excluding hydrogens is 384 g/mol. The average molecular weight is 402 g/mol. The van der Waals surface area contributed by atoms with Crippen molar-refractivity contribution in [1.29, 1.82) is 0 Å².